The van der Waals surface area contributed by atoms with Gasteiger partial charge < -0.3 is 14.8 Å². The maximum atomic E-state index is 12.6. The summed E-state index contributed by atoms with van der Waals surface area (Å²) in [5, 5.41) is 2.95. The lowest BCUT2D eigenvalue weighted by Crippen LogP contribution is -2.44. The molecule has 1 aliphatic heterocycles. The first-order valence-electron chi connectivity index (χ1n) is 9.33. The molecule has 1 aliphatic rings. The molecule has 0 bridgehead atoms. The second-order valence-corrected chi connectivity index (χ2v) is 6.62. The van der Waals surface area contributed by atoms with Gasteiger partial charge in [0.2, 0.25) is 6.04 Å². The number of anilines is 1. The number of nitrogens with zero attached hydrogens (tertiary/aromatic N) is 1. The van der Waals surface area contributed by atoms with Gasteiger partial charge in [0.05, 0.1) is 0 Å². The van der Waals surface area contributed by atoms with E-state index in [1.54, 1.807) is 6.07 Å². The van der Waals surface area contributed by atoms with Gasteiger partial charge in [-0.05, 0) is 36.5 Å². The van der Waals surface area contributed by atoms with E-state index in [1.165, 1.54) is 5.56 Å². The summed E-state index contributed by atoms with van der Waals surface area (Å²) < 4.78 is 13.0. The van der Waals surface area contributed by atoms with Crippen molar-refractivity contribution in [3.63, 3.8) is 0 Å². The quantitative estimate of drug-likeness (QED) is 0.801. The van der Waals surface area contributed by atoms with Crippen LogP contribution in [0.1, 0.15) is 51.1 Å². The van der Waals surface area contributed by atoms with Crippen molar-refractivity contribution in [1.82, 2.24) is 0 Å². The Labute approximate surface area is 155 Å². The van der Waals surface area contributed by atoms with Crippen LogP contribution in [0.4, 0.5) is 5.69 Å². The molecule has 3 rings (SSSR count). The second kappa shape index (κ2) is 8.21. The van der Waals surface area contributed by atoms with Crippen LogP contribution in [0.25, 0.3) is 0 Å². The molecule has 1 amide bonds. The topological polar surface area (TPSA) is 51.4 Å². The Morgan fingerprint density at radius 3 is 2.38 bits per heavy atom. The van der Waals surface area contributed by atoms with Gasteiger partial charge in [0.25, 0.3) is 5.91 Å². The molecule has 1 aromatic carbocycles. The molecule has 138 valence electrons. The van der Waals surface area contributed by atoms with Gasteiger partial charge in [0.15, 0.2) is 23.9 Å². The monoisotopic (exact) mass is 355 g/mol. The largest absolute Gasteiger partial charge is 0.486 e. The predicted molar refractivity (Wildman–Crippen MR) is 101 cm³/mol. The van der Waals surface area contributed by atoms with E-state index in [1.807, 2.05) is 36.0 Å². The van der Waals surface area contributed by atoms with E-state index in [2.05, 4.69) is 31.3 Å². The Hall–Kier alpha value is -2.56. The molecular formula is C21H27N2O3+. The number of carbonyl (C=O) groups is 1. The number of pyridine rings is 1. The highest BCUT2D eigenvalue weighted by Gasteiger charge is 2.23. The zero-order chi connectivity index (χ0) is 18.5. The van der Waals surface area contributed by atoms with E-state index >= 15 is 0 Å². The molecule has 0 spiro atoms. The van der Waals surface area contributed by atoms with Crippen molar-refractivity contribution in [2.24, 2.45) is 0 Å². The van der Waals surface area contributed by atoms with Gasteiger partial charge in [-0.2, -0.15) is 4.57 Å². The molecule has 5 heteroatoms. The molecule has 26 heavy (non-hydrogen) atoms. The van der Waals surface area contributed by atoms with Crippen LogP contribution in [0, 0.1) is 0 Å². The molecule has 0 unspecified atom stereocenters. The van der Waals surface area contributed by atoms with Gasteiger partial charge in [-0.25, -0.2) is 0 Å². The Balaban J connectivity index is 1.67. The third kappa shape index (κ3) is 3.98. The summed E-state index contributed by atoms with van der Waals surface area (Å²) >= 11 is 0. The standard InChI is InChI=1S/C21H26N2O3/c1-4-16(5-2)17-8-10-23(11-9-17)15(3)21(24)22-18-6-7-19-20(14-18)26-13-12-25-19/h6-11,14-16H,4-5,12-13H2,1-3H3/p+1/t15-/m0/s1. The van der Waals surface area contributed by atoms with Crippen LogP contribution in [0.5, 0.6) is 11.5 Å². The van der Waals surface area contributed by atoms with Gasteiger partial charge in [-0.1, -0.05) is 13.8 Å². The van der Waals surface area contributed by atoms with Gasteiger partial charge in [-0.15, -0.1) is 0 Å². The number of carbonyl (C=O) groups excluding carboxylic acids is 1. The van der Waals surface area contributed by atoms with Gasteiger partial charge >= 0.3 is 0 Å². The zero-order valence-corrected chi connectivity index (χ0v) is 15.7. The first-order chi connectivity index (χ1) is 12.6. The normalized spacial score (nSPS) is 14.2. The average Bonchev–Trinajstić information content (AvgIpc) is 2.69. The molecule has 2 aromatic rings. The molecule has 5 nitrogen and oxygen atoms in total. The number of ether oxygens (including phenoxy) is 2. The lowest BCUT2D eigenvalue weighted by molar-refractivity contribution is -0.705. The summed E-state index contributed by atoms with van der Waals surface area (Å²) in [6.45, 7) is 7.39. The maximum absolute atomic E-state index is 12.6. The molecule has 0 saturated carbocycles. The fourth-order valence-electron chi connectivity index (χ4n) is 3.24. The van der Waals surface area contributed by atoms with Gasteiger partial charge in [0.1, 0.15) is 13.2 Å². The van der Waals surface area contributed by atoms with Crippen LogP contribution in [-0.2, 0) is 4.79 Å². The number of aromatic nitrogens is 1. The summed E-state index contributed by atoms with van der Waals surface area (Å²) in [6, 6.07) is 9.39. The Kier molecular flexibility index (Phi) is 5.76. The first-order valence-corrected chi connectivity index (χ1v) is 9.33. The van der Waals surface area contributed by atoms with Gasteiger partial charge in [0, 0.05) is 30.8 Å². The Morgan fingerprint density at radius 2 is 1.73 bits per heavy atom. The van der Waals surface area contributed by atoms with Crippen LogP contribution >= 0.6 is 0 Å². The third-order valence-electron chi connectivity index (χ3n) is 4.97. The van der Waals surface area contributed by atoms with Crippen molar-refractivity contribution < 1.29 is 18.8 Å². The van der Waals surface area contributed by atoms with Crippen molar-refractivity contribution in [1.29, 1.82) is 0 Å². The highest BCUT2D eigenvalue weighted by molar-refractivity contribution is 5.92. The number of nitrogens with one attached hydrogen (secondary N) is 1. The molecule has 0 radical (unpaired) electrons. The van der Waals surface area contributed by atoms with E-state index in [9.17, 15) is 4.79 Å². The van der Waals surface area contributed by atoms with E-state index in [0.29, 0.717) is 36.3 Å². The van der Waals surface area contributed by atoms with Crippen LogP contribution in [0.3, 0.4) is 0 Å². The lowest BCUT2D eigenvalue weighted by Gasteiger charge is -2.19. The van der Waals surface area contributed by atoms with Crippen molar-refractivity contribution in [2.75, 3.05) is 18.5 Å². The Morgan fingerprint density at radius 1 is 1.08 bits per heavy atom. The smallest absolute Gasteiger partial charge is 0.293 e. The van der Waals surface area contributed by atoms with Crippen molar-refractivity contribution >= 4 is 11.6 Å². The summed E-state index contributed by atoms with van der Waals surface area (Å²) in [6.07, 6.45) is 6.23. The number of hydrogen-bond donors (Lipinski definition) is 1. The molecule has 0 fully saturated rings. The molecule has 0 aliphatic carbocycles. The SMILES string of the molecule is CCC(CC)c1cc[n+]([C@@H](C)C(=O)Nc2ccc3c(c2)OCCO3)cc1. The highest BCUT2D eigenvalue weighted by Crippen LogP contribution is 2.32. The number of hydrogen-bond acceptors (Lipinski definition) is 3. The molecule has 1 aromatic heterocycles. The number of rotatable bonds is 6. The summed E-state index contributed by atoms with van der Waals surface area (Å²) in [5.74, 6) is 1.89. The van der Waals surface area contributed by atoms with E-state index in [0.717, 1.165) is 12.8 Å². The van der Waals surface area contributed by atoms with Gasteiger partial charge in [-0.3, -0.25) is 4.79 Å². The minimum Gasteiger partial charge on any atom is -0.486 e. The van der Waals surface area contributed by atoms with Crippen LogP contribution in [-0.4, -0.2) is 19.1 Å². The van der Waals surface area contributed by atoms with Crippen molar-refractivity contribution in [3.8, 4) is 11.5 Å². The highest BCUT2D eigenvalue weighted by atomic mass is 16.6. The minimum atomic E-state index is -0.307. The van der Waals surface area contributed by atoms with E-state index in [-0.39, 0.29) is 11.9 Å². The summed E-state index contributed by atoms with van der Waals surface area (Å²) in [5.41, 5.74) is 2.03. The van der Waals surface area contributed by atoms with E-state index < -0.39 is 0 Å². The van der Waals surface area contributed by atoms with E-state index in [4.69, 9.17) is 9.47 Å². The van der Waals surface area contributed by atoms with Crippen LogP contribution in [0.15, 0.2) is 42.7 Å². The van der Waals surface area contributed by atoms with Crippen molar-refractivity contribution in [2.45, 2.75) is 45.6 Å². The van der Waals surface area contributed by atoms with Crippen LogP contribution < -0.4 is 19.4 Å². The molecule has 0 saturated heterocycles. The second-order valence-electron chi connectivity index (χ2n) is 6.62. The molecule has 1 N–H and O–H groups in total. The number of fused-ring (bicyclic) bond motifs is 1. The number of benzene rings is 1. The molecule has 1 atom stereocenters. The molecular weight excluding hydrogens is 328 g/mol. The average molecular weight is 355 g/mol. The fourth-order valence-corrected chi connectivity index (χ4v) is 3.24. The summed E-state index contributed by atoms with van der Waals surface area (Å²) in [4.78, 5) is 12.6. The fraction of sp³-hybridized carbons (Fsp3) is 0.429. The summed E-state index contributed by atoms with van der Waals surface area (Å²) in [7, 11) is 0. The number of amides is 1. The van der Waals surface area contributed by atoms with Crippen LogP contribution in [0.2, 0.25) is 0 Å². The maximum Gasteiger partial charge on any atom is 0.293 e. The minimum absolute atomic E-state index is 0.0676. The third-order valence-corrected chi connectivity index (χ3v) is 4.97. The Bertz CT molecular complexity index is 754. The predicted octanol–water partition coefficient (Wildman–Crippen LogP) is 3.85. The lowest BCUT2D eigenvalue weighted by atomic mass is 9.95. The molecule has 2 heterocycles. The zero-order valence-electron chi connectivity index (χ0n) is 15.7. The van der Waals surface area contributed by atoms with Crippen molar-refractivity contribution in [3.05, 3.63) is 48.3 Å². The first kappa shape index (κ1) is 18.2.